The Morgan fingerprint density at radius 2 is 1.90 bits per heavy atom. The van der Waals surface area contributed by atoms with Gasteiger partial charge in [-0.05, 0) is 37.0 Å². The Bertz CT molecular complexity index is 925. The SMILES string of the molecule is COc1ccccc1NC(=O)N1CCC(CNC(=O)c2cccc([N+](=O)[O-])c2)CC1. The minimum absolute atomic E-state index is 0.114. The number of benzene rings is 2. The summed E-state index contributed by atoms with van der Waals surface area (Å²) in [5, 5.41) is 16.6. The number of para-hydroxylation sites is 2. The molecule has 2 aromatic carbocycles. The van der Waals surface area contributed by atoms with Crippen LogP contribution in [0.25, 0.3) is 0 Å². The number of non-ortho nitro benzene ring substituents is 1. The quantitative estimate of drug-likeness (QED) is 0.558. The van der Waals surface area contributed by atoms with Gasteiger partial charge in [0.25, 0.3) is 11.6 Å². The highest BCUT2D eigenvalue weighted by atomic mass is 16.6. The second-order valence-electron chi connectivity index (χ2n) is 7.08. The molecule has 2 aromatic rings. The fourth-order valence-electron chi connectivity index (χ4n) is 3.38. The van der Waals surface area contributed by atoms with E-state index in [0.29, 0.717) is 31.1 Å². The highest BCUT2D eigenvalue weighted by Crippen LogP contribution is 2.24. The molecule has 0 bridgehead atoms. The van der Waals surface area contributed by atoms with Gasteiger partial charge in [-0.3, -0.25) is 14.9 Å². The molecule has 9 heteroatoms. The number of nitrogens with one attached hydrogen (secondary N) is 2. The maximum atomic E-state index is 12.5. The lowest BCUT2D eigenvalue weighted by atomic mass is 9.97. The van der Waals surface area contributed by atoms with E-state index in [2.05, 4.69) is 10.6 Å². The summed E-state index contributed by atoms with van der Waals surface area (Å²) < 4.78 is 5.25. The van der Waals surface area contributed by atoms with Crippen LogP contribution >= 0.6 is 0 Å². The molecule has 0 unspecified atom stereocenters. The molecule has 3 rings (SSSR count). The third kappa shape index (κ3) is 5.25. The van der Waals surface area contributed by atoms with Crippen LogP contribution in [0.15, 0.2) is 48.5 Å². The molecule has 1 aliphatic heterocycles. The van der Waals surface area contributed by atoms with Gasteiger partial charge in [-0.15, -0.1) is 0 Å². The zero-order chi connectivity index (χ0) is 21.5. The van der Waals surface area contributed by atoms with E-state index in [1.165, 1.54) is 18.2 Å². The van der Waals surface area contributed by atoms with E-state index < -0.39 is 4.92 Å². The molecule has 2 N–H and O–H groups in total. The molecule has 1 aliphatic rings. The van der Waals surface area contributed by atoms with Crippen molar-refractivity contribution in [1.82, 2.24) is 10.2 Å². The van der Waals surface area contributed by atoms with Crippen LogP contribution in [0.2, 0.25) is 0 Å². The van der Waals surface area contributed by atoms with Crippen molar-refractivity contribution in [2.75, 3.05) is 32.1 Å². The average Bonchev–Trinajstić information content (AvgIpc) is 2.78. The van der Waals surface area contributed by atoms with Crippen molar-refractivity contribution in [2.24, 2.45) is 5.92 Å². The first kappa shape index (κ1) is 21.1. The lowest BCUT2D eigenvalue weighted by Gasteiger charge is -2.32. The van der Waals surface area contributed by atoms with Crippen LogP contribution in [0, 0.1) is 16.0 Å². The molecular weight excluding hydrogens is 388 g/mol. The van der Waals surface area contributed by atoms with Crippen LogP contribution in [0.4, 0.5) is 16.2 Å². The molecule has 0 spiro atoms. The maximum Gasteiger partial charge on any atom is 0.321 e. The minimum Gasteiger partial charge on any atom is -0.495 e. The fraction of sp³-hybridized carbons (Fsp3) is 0.333. The van der Waals surface area contributed by atoms with Gasteiger partial charge in [-0.2, -0.15) is 0 Å². The van der Waals surface area contributed by atoms with E-state index >= 15 is 0 Å². The van der Waals surface area contributed by atoms with Crippen LogP contribution in [-0.4, -0.2) is 48.5 Å². The van der Waals surface area contributed by atoms with Gasteiger partial charge < -0.3 is 20.3 Å². The van der Waals surface area contributed by atoms with Gasteiger partial charge in [-0.25, -0.2) is 4.79 Å². The molecule has 0 saturated carbocycles. The molecular formula is C21H24N4O5. The van der Waals surface area contributed by atoms with Crippen molar-refractivity contribution in [1.29, 1.82) is 0 Å². The number of likely N-dealkylation sites (tertiary alicyclic amines) is 1. The third-order valence-corrected chi connectivity index (χ3v) is 5.12. The molecule has 0 atom stereocenters. The number of nitro benzene ring substituents is 1. The number of anilines is 1. The standard InChI is InChI=1S/C21H24N4O5/c1-30-19-8-3-2-7-18(19)23-21(27)24-11-9-15(10-12-24)14-22-20(26)16-5-4-6-17(13-16)25(28)29/h2-8,13,15H,9-12,14H2,1H3,(H,22,26)(H,23,27). The molecule has 0 radical (unpaired) electrons. The smallest absolute Gasteiger partial charge is 0.321 e. The first-order valence-corrected chi connectivity index (χ1v) is 9.69. The summed E-state index contributed by atoms with van der Waals surface area (Å²) in [6.07, 6.45) is 1.52. The Morgan fingerprint density at radius 1 is 1.17 bits per heavy atom. The normalized spacial score (nSPS) is 14.1. The Morgan fingerprint density at radius 3 is 2.60 bits per heavy atom. The van der Waals surface area contributed by atoms with E-state index in [1.54, 1.807) is 30.2 Å². The van der Waals surface area contributed by atoms with Gasteiger partial charge in [-0.1, -0.05) is 18.2 Å². The summed E-state index contributed by atoms with van der Waals surface area (Å²) in [6.45, 7) is 1.63. The Labute approximate surface area is 174 Å². The monoisotopic (exact) mass is 412 g/mol. The van der Waals surface area contributed by atoms with Gasteiger partial charge >= 0.3 is 6.03 Å². The lowest BCUT2D eigenvalue weighted by molar-refractivity contribution is -0.384. The van der Waals surface area contributed by atoms with E-state index in [4.69, 9.17) is 4.74 Å². The summed E-state index contributed by atoms with van der Waals surface area (Å²) in [5.74, 6) is 0.502. The van der Waals surface area contributed by atoms with Gasteiger partial charge in [0.2, 0.25) is 0 Å². The van der Waals surface area contributed by atoms with E-state index in [9.17, 15) is 19.7 Å². The molecule has 1 fully saturated rings. The first-order valence-electron chi connectivity index (χ1n) is 9.69. The second kappa shape index (κ2) is 9.73. The van der Waals surface area contributed by atoms with Crippen LogP contribution in [0.1, 0.15) is 23.2 Å². The van der Waals surface area contributed by atoms with Crippen LogP contribution < -0.4 is 15.4 Å². The number of piperidine rings is 1. The Balaban J connectivity index is 1.46. The number of urea groups is 1. The number of hydrogen-bond acceptors (Lipinski definition) is 5. The summed E-state index contributed by atoms with van der Waals surface area (Å²) in [5.41, 5.74) is 0.770. The highest BCUT2D eigenvalue weighted by molar-refractivity contribution is 5.94. The molecule has 158 valence electrons. The molecule has 3 amide bonds. The number of nitro groups is 1. The average molecular weight is 412 g/mol. The summed E-state index contributed by atoms with van der Waals surface area (Å²) in [6, 6.07) is 12.7. The number of hydrogen-bond donors (Lipinski definition) is 2. The largest absolute Gasteiger partial charge is 0.495 e. The van der Waals surface area contributed by atoms with Crippen LogP contribution in [0.3, 0.4) is 0 Å². The minimum atomic E-state index is -0.525. The van der Waals surface area contributed by atoms with Crippen molar-refractivity contribution < 1.29 is 19.2 Å². The van der Waals surface area contributed by atoms with E-state index in [0.717, 1.165) is 12.8 Å². The number of methoxy groups -OCH3 is 1. The van der Waals surface area contributed by atoms with E-state index in [-0.39, 0.29) is 29.1 Å². The van der Waals surface area contributed by atoms with Gasteiger partial charge in [0.1, 0.15) is 5.75 Å². The van der Waals surface area contributed by atoms with Gasteiger partial charge in [0.05, 0.1) is 17.7 Å². The van der Waals surface area contributed by atoms with Crippen molar-refractivity contribution in [3.8, 4) is 5.75 Å². The summed E-state index contributed by atoms with van der Waals surface area (Å²) >= 11 is 0. The fourth-order valence-corrected chi connectivity index (χ4v) is 3.38. The number of nitrogens with zero attached hydrogens (tertiary/aromatic N) is 2. The zero-order valence-electron chi connectivity index (χ0n) is 16.7. The van der Waals surface area contributed by atoms with Crippen molar-refractivity contribution >= 4 is 23.3 Å². The maximum absolute atomic E-state index is 12.5. The molecule has 30 heavy (non-hydrogen) atoms. The number of amides is 3. The molecule has 9 nitrogen and oxygen atoms in total. The van der Waals surface area contributed by atoms with Gasteiger partial charge in [0, 0.05) is 37.3 Å². The van der Waals surface area contributed by atoms with Crippen molar-refractivity contribution in [3.05, 3.63) is 64.2 Å². The third-order valence-electron chi connectivity index (χ3n) is 5.12. The highest BCUT2D eigenvalue weighted by Gasteiger charge is 2.24. The Hall–Kier alpha value is -3.62. The van der Waals surface area contributed by atoms with Crippen LogP contribution in [-0.2, 0) is 0 Å². The van der Waals surface area contributed by atoms with Gasteiger partial charge in [0.15, 0.2) is 0 Å². The topological polar surface area (TPSA) is 114 Å². The summed E-state index contributed by atoms with van der Waals surface area (Å²) in [4.78, 5) is 36.9. The number of rotatable bonds is 6. The number of carbonyl (C=O) groups is 2. The molecule has 0 aromatic heterocycles. The van der Waals surface area contributed by atoms with Crippen molar-refractivity contribution in [3.63, 3.8) is 0 Å². The second-order valence-corrected chi connectivity index (χ2v) is 7.08. The molecule has 0 aliphatic carbocycles. The predicted molar refractivity (Wildman–Crippen MR) is 112 cm³/mol. The number of carbonyl (C=O) groups excluding carboxylic acids is 2. The predicted octanol–water partition coefficient (Wildman–Crippen LogP) is 3.28. The number of ether oxygens (including phenoxy) is 1. The lowest BCUT2D eigenvalue weighted by Crippen LogP contribution is -2.43. The first-order chi connectivity index (χ1) is 14.5. The Kier molecular flexibility index (Phi) is 6.84. The summed E-state index contributed by atoms with van der Waals surface area (Å²) in [7, 11) is 1.55. The molecule has 1 heterocycles. The van der Waals surface area contributed by atoms with E-state index in [1.807, 2.05) is 12.1 Å². The van der Waals surface area contributed by atoms with Crippen LogP contribution in [0.5, 0.6) is 5.75 Å². The molecule has 1 saturated heterocycles. The van der Waals surface area contributed by atoms with Crippen molar-refractivity contribution in [2.45, 2.75) is 12.8 Å². The zero-order valence-corrected chi connectivity index (χ0v) is 16.7.